The Morgan fingerprint density at radius 3 is 2.45 bits per heavy atom. The highest BCUT2D eigenvalue weighted by molar-refractivity contribution is 5.93. The summed E-state index contributed by atoms with van der Waals surface area (Å²) >= 11 is 0. The molecule has 11 heteroatoms. The van der Waals surface area contributed by atoms with Gasteiger partial charge in [-0.2, -0.15) is 28.7 Å². The predicted octanol–water partition coefficient (Wildman–Crippen LogP) is 6.35. The standard InChI is InChI=1S/C27H26F3N7O/c1-7-18(14-31)12-11-16(2)22-21(15-32)17(3)36(20-10-8-9-19(13-20)27(28,29)30)25-34-24(35-37(22)25)33-23(38)26(4,5)6/h7-13,22H,2H2,1,3-6H3,(H,33,35,38)/b12-11-,18-7+/t22-/m1/s1. The van der Waals surface area contributed by atoms with Crippen molar-refractivity contribution in [1.82, 2.24) is 14.8 Å². The summed E-state index contributed by atoms with van der Waals surface area (Å²) in [5.41, 5.74) is -0.340. The van der Waals surface area contributed by atoms with E-state index in [2.05, 4.69) is 28.0 Å². The van der Waals surface area contributed by atoms with Gasteiger partial charge in [0.25, 0.3) is 5.95 Å². The number of hydrogen-bond acceptors (Lipinski definition) is 6. The average molecular weight is 522 g/mol. The number of anilines is 3. The molecule has 1 aliphatic heterocycles. The fourth-order valence-electron chi connectivity index (χ4n) is 3.67. The first-order valence-electron chi connectivity index (χ1n) is 11.5. The van der Waals surface area contributed by atoms with Crippen LogP contribution in [0.5, 0.6) is 0 Å². The van der Waals surface area contributed by atoms with Crippen molar-refractivity contribution in [3.8, 4) is 12.1 Å². The van der Waals surface area contributed by atoms with Crippen molar-refractivity contribution in [2.24, 2.45) is 5.41 Å². The normalized spacial score (nSPS) is 16.2. The Bertz CT molecular complexity index is 1460. The van der Waals surface area contributed by atoms with Crippen LogP contribution in [0, 0.1) is 28.1 Å². The highest BCUT2D eigenvalue weighted by atomic mass is 19.4. The lowest BCUT2D eigenvalue weighted by molar-refractivity contribution is -0.137. The third kappa shape index (κ3) is 5.52. The Hall–Kier alpha value is -4.64. The molecule has 3 rings (SSSR count). The third-order valence-corrected chi connectivity index (χ3v) is 5.78. The second-order valence-electron chi connectivity index (χ2n) is 9.55. The number of aromatic nitrogens is 3. The van der Waals surface area contributed by atoms with Crippen LogP contribution in [0.15, 0.2) is 71.5 Å². The molecule has 0 saturated heterocycles. The molecule has 0 unspecified atom stereocenters. The Morgan fingerprint density at radius 2 is 1.89 bits per heavy atom. The molecular formula is C27H26F3N7O. The third-order valence-electron chi connectivity index (χ3n) is 5.78. The van der Waals surface area contributed by atoms with Gasteiger partial charge >= 0.3 is 6.18 Å². The van der Waals surface area contributed by atoms with Crippen LogP contribution in [0.3, 0.4) is 0 Å². The molecule has 0 radical (unpaired) electrons. The number of halogens is 3. The molecule has 1 amide bonds. The van der Waals surface area contributed by atoms with Crippen LogP contribution in [0.4, 0.5) is 30.8 Å². The van der Waals surface area contributed by atoms with E-state index in [1.807, 2.05) is 6.07 Å². The number of carbonyl (C=O) groups excluding carboxylic acids is 1. The highest BCUT2D eigenvalue weighted by Gasteiger charge is 2.38. The summed E-state index contributed by atoms with van der Waals surface area (Å²) in [5, 5.41) is 26.4. The summed E-state index contributed by atoms with van der Waals surface area (Å²) < 4.78 is 41.8. The van der Waals surface area contributed by atoms with Crippen molar-refractivity contribution in [3.05, 3.63) is 77.1 Å². The zero-order chi connectivity index (χ0) is 28.4. The fourth-order valence-corrected chi connectivity index (χ4v) is 3.67. The second kappa shape index (κ2) is 10.4. The molecule has 0 bridgehead atoms. The minimum Gasteiger partial charge on any atom is -0.293 e. The van der Waals surface area contributed by atoms with Gasteiger partial charge in [0, 0.05) is 22.4 Å². The van der Waals surface area contributed by atoms with Crippen LogP contribution in [-0.4, -0.2) is 20.7 Å². The number of amides is 1. The number of alkyl halides is 3. The fraction of sp³-hybridized carbons (Fsp3) is 0.296. The molecule has 196 valence electrons. The van der Waals surface area contributed by atoms with Gasteiger partial charge in [-0.25, -0.2) is 4.68 Å². The average Bonchev–Trinajstić information content (AvgIpc) is 3.25. The summed E-state index contributed by atoms with van der Waals surface area (Å²) in [4.78, 5) is 18.4. The van der Waals surface area contributed by atoms with Crippen molar-refractivity contribution in [3.63, 3.8) is 0 Å². The zero-order valence-electron chi connectivity index (χ0n) is 21.6. The van der Waals surface area contributed by atoms with Crippen molar-refractivity contribution in [2.45, 2.75) is 46.8 Å². The van der Waals surface area contributed by atoms with Gasteiger partial charge in [0.1, 0.15) is 6.04 Å². The molecule has 0 fully saturated rings. The summed E-state index contributed by atoms with van der Waals surface area (Å²) in [7, 11) is 0. The van der Waals surface area contributed by atoms with E-state index in [0.29, 0.717) is 16.8 Å². The Morgan fingerprint density at radius 1 is 1.21 bits per heavy atom. The maximum absolute atomic E-state index is 13.5. The molecule has 0 aliphatic carbocycles. The van der Waals surface area contributed by atoms with Crippen molar-refractivity contribution >= 4 is 23.5 Å². The maximum atomic E-state index is 13.5. The number of rotatable bonds is 5. The summed E-state index contributed by atoms with van der Waals surface area (Å²) in [6.07, 6.45) is 0.110. The number of nitrogens with zero attached hydrogens (tertiary/aromatic N) is 6. The second-order valence-corrected chi connectivity index (χ2v) is 9.55. The number of nitrogens with one attached hydrogen (secondary N) is 1. The van der Waals surface area contributed by atoms with Crippen LogP contribution in [0.2, 0.25) is 0 Å². The molecule has 1 N–H and O–H groups in total. The Balaban J connectivity index is 2.24. The molecule has 1 atom stereocenters. The smallest absolute Gasteiger partial charge is 0.293 e. The van der Waals surface area contributed by atoms with Crippen molar-refractivity contribution < 1.29 is 18.0 Å². The molecular weight excluding hydrogens is 495 g/mol. The van der Waals surface area contributed by atoms with Gasteiger partial charge in [-0.1, -0.05) is 45.6 Å². The van der Waals surface area contributed by atoms with Gasteiger partial charge in [0.2, 0.25) is 11.9 Å². The van der Waals surface area contributed by atoms with Gasteiger partial charge < -0.3 is 0 Å². The molecule has 8 nitrogen and oxygen atoms in total. The van der Waals surface area contributed by atoms with Gasteiger partial charge in [-0.15, -0.1) is 5.10 Å². The molecule has 38 heavy (non-hydrogen) atoms. The first kappa shape index (κ1) is 27.9. The zero-order valence-corrected chi connectivity index (χ0v) is 21.6. The summed E-state index contributed by atoms with van der Waals surface area (Å²) in [6, 6.07) is 7.87. The van der Waals surface area contributed by atoms with Crippen LogP contribution in [0.25, 0.3) is 0 Å². The van der Waals surface area contributed by atoms with E-state index in [9.17, 15) is 28.5 Å². The molecule has 2 aromatic rings. The van der Waals surface area contributed by atoms with E-state index < -0.39 is 23.2 Å². The van der Waals surface area contributed by atoms with Gasteiger partial charge in [-0.3, -0.25) is 15.0 Å². The minimum absolute atomic E-state index is 0.0797. The topological polar surface area (TPSA) is 111 Å². The van der Waals surface area contributed by atoms with E-state index in [-0.39, 0.29) is 29.1 Å². The number of hydrogen-bond donors (Lipinski definition) is 1. The van der Waals surface area contributed by atoms with Crippen LogP contribution in [-0.2, 0) is 11.0 Å². The summed E-state index contributed by atoms with van der Waals surface area (Å²) in [6.45, 7) is 12.4. The molecule has 0 saturated carbocycles. The molecule has 2 heterocycles. The van der Waals surface area contributed by atoms with E-state index in [0.717, 1.165) is 12.1 Å². The molecule has 1 aliphatic rings. The minimum atomic E-state index is -4.59. The number of benzene rings is 1. The quantitative estimate of drug-likeness (QED) is 0.362. The van der Waals surface area contributed by atoms with E-state index >= 15 is 0 Å². The maximum Gasteiger partial charge on any atom is 0.416 e. The number of fused-ring (bicyclic) bond motifs is 1. The first-order valence-corrected chi connectivity index (χ1v) is 11.5. The number of allylic oxidation sites excluding steroid dienone is 7. The van der Waals surface area contributed by atoms with E-state index in [4.69, 9.17) is 0 Å². The van der Waals surface area contributed by atoms with E-state index in [1.54, 1.807) is 46.8 Å². The first-order chi connectivity index (χ1) is 17.7. The SMILES string of the molecule is C=C(/C=C\C(C#N)=C/C)[C@@H]1C(C#N)=C(C)N(c2cccc(C(F)(F)F)c2)c2nc(NC(=O)C(C)(C)C)nn21. The van der Waals surface area contributed by atoms with Crippen LogP contribution < -0.4 is 10.2 Å². The van der Waals surface area contributed by atoms with Gasteiger partial charge in [-0.05, 0) is 43.7 Å². The van der Waals surface area contributed by atoms with Crippen molar-refractivity contribution in [1.29, 1.82) is 10.5 Å². The van der Waals surface area contributed by atoms with Crippen LogP contribution in [0.1, 0.15) is 46.2 Å². The molecule has 0 spiro atoms. The van der Waals surface area contributed by atoms with Crippen LogP contribution >= 0.6 is 0 Å². The molecule has 1 aromatic heterocycles. The Labute approximate surface area is 218 Å². The number of carbonyl (C=O) groups is 1. The van der Waals surface area contributed by atoms with Gasteiger partial charge in [0.05, 0.1) is 23.3 Å². The Kier molecular flexibility index (Phi) is 7.63. The lowest BCUT2D eigenvalue weighted by atomic mass is 9.96. The van der Waals surface area contributed by atoms with Gasteiger partial charge in [0.15, 0.2) is 0 Å². The highest BCUT2D eigenvalue weighted by Crippen LogP contribution is 2.43. The van der Waals surface area contributed by atoms with Crippen molar-refractivity contribution in [2.75, 3.05) is 10.2 Å². The monoisotopic (exact) mass is 521 g/mol. The summed E-state index contributed by atoms with van der Waals surface area (Å²) in [5.74, 6) is -0.383. The predicted molar refractivity (Wildman–Crippen MR) is 137 cm³/mol. The largest absolute Gasteiger partial charge is 0.416 e. The number of nitriles is 2. The lowest BCUT2D eigenvalue weighted by Crippen LogP contribution is -2.31. The van der Waals surface area contributed by atoms with E-state index in [1.165, 1.54) is 27.8 Å². The lowest BCUT2D eigenvalue weighted by Gasteiger charge is -2.34. The molecule has 1 aromatic carbocycles.